The number of hydrogen-bond acceptors (Lipinski definition) is 4. The summed E-state index contributed by atoms with van der Waals surface area (Å²) >= 11 is 5.89. The van der Waals surface area contributed by atoms with Crippen LogP contribution in [0.2, 0.25) is 5.02 Å². The summed E-state index contributed by atoms with van der Waals surface area (Å²) in [4.78, 5) is 28.4. The van der Waals surface area contributed by atoms with E-state index in [1.54, 1.807) is 60.9 Å². The molecule has 2 aromatic heterocycles. The molecular formula is C22H17ClN4O3. The minimum atomic E-state index is -0.533. The number of fused-ring (bicyclic) bond motifs is 1. The molecule has 2 amide bonds. The van der Waals surface area contributed by atoms with E-state index < -0.39 is 6.09 Å². The lowest BCUT2D eigenvalue weighted by molar-refractivity contribution is 0.102. The predicted octanol–water partition coefficient (Wildman–Crippen LogP) is 5.09. The number of amides is 2. The Morgan fingerprint density at radius 3 is 2.30 bits per heavy atom. The molecule has 0 radical (unpaired) electrons. The lowest BCUT2D eigenvalue weighted by atomic mass is 10.1. The van der Waals surface area contributed by atoms with Gasteiger partial charge >= 0.3 is 6.09 Å². The number of carbonyl (C=O) groups is 2. The van der Waals surface area contributed by atoms with Crippen molar-refractivity contribution in [2.45, 2.75) is 0 Å². The molecule has 4 aromatic rings. The maximum Gasteiger partial charge on any atom is 0.411 e. The van der Waals surface area contributed by atoms with Gasteiger partial charge in [-0.05, 0) is 48.5 Å². The number of aromatic nitrogens is 2. The second kappa shape index (κ2) is 8.26. The molecule has 0 bridgehead atoms. The topological polar surface area (TPSA) is 84.7 Å². The van der Waals surface area contributed by atoms with Crippen molar-refractivity contribution in [2.24, 2.45) is 0 Å². The molecule has 150 valence electrons. The lowest BCUT2D eigenvalue weighted by Gasteiger charge is -2.08. The molecule has 0 fully saturated rings. The molecule has 2 heterocycles. The monoisotopic (exact) mass is 420 g/mol. The quantitative estimate of drug-likeness (QED) is 0.482. The highest BCUT2D eigenvalue weighted by atomic mass is 35.5. The highest BCUT2D eigenvalue weighted by molar-refractivity contribution is 6.30. The summed E-state index contributed by atoms with van der Waals surface area (Å²) in [5.41, 5.74) is 4.17. The molecule has 30 heavy (non-hydrogen) atoms. The Morgan fingerprint density at radius 2 is 1.60 bits per heavy atom. The van der Waals surface area contributed by atoms with Gasteiger partial charge in [-0.15, -0.1) is 0 Å². The number of nitrogens with zero attached hydrogens (tertiary/aromatic N) is 2. The zero-order valence-corrected chi connectivity index (χ0v) is 16.7. The summed E-state index contributed by atoms with van der Waals surface area (Å²) in [7, 11) is 1.31. The number of halogens is 1. The van der Waals surface area contributed by atoms with Gasteiger partial charge in [0.15, 0.2) is 0 Å². The Balaban J connectivity index is 1.60. The number of anilines is 2. The molecule has 0 aliphatic rings. The van der Waals surface area contributed by atoms with Crippen LogP contribution in [0.5, 0.6) is 0 Å². The second-order valence-corrected chi connectivity index (χ2v) is 6.88. The third-order valence-electron chi connectivity index (χ3n) is 4.48. The van der Waals surface area contributed by atoms with Crippen molar-refractivity contribution in [3.63, 3.8) is 0 Å². The molecule has 8 heteroatoms. The summed E-state index contributed by atoms with van der Waals surface area (Å²) in [5, 5.41) is 6.06. The van der Waals surface area contributed by atoms with E-state index in [4.69, 9.17) is 11.6 Å². The van der Waals surface area contributed by atoms with Crippen LogP contribution in [-0.2, 0) is 4.74 Å². The molecule has 0 aliphatic carbocycles. The van der Waals surface area contributed by atoms with Gasteiger partial charge in [0.05, 0.1) is 24.6 Å². The number of hydrogen-bond donors (Lipinski definition) is 2. The SMILES string of the molecule is COC(=O)Nc1ccc(-c2cnc3ccc(C(=O)Nc4ccc(Cl)cc4)cn23)cc1. The first-order chi connectivity index (χ1) is 14.5. The van der Waals surface area contributed by atoms with Gasteiger partial charge in [-0.25, -0.2) is 9.78 Å². The van der Waals surface area contributed by atoms with Gasteiger partial charge in [-0.3, -0.25) is 14.5 Å². The van der Waals surface area contributed by atoms with Crippen molar-refractivity contribution < 1.29 is 14.3 Å². The van der Waals surface area contributed by atoms with Gasteiger partial charge in [0, 0.05) is 28.2 Å². The number of methoxy groups -OCH3 is 1. The van der Waals surface area contributed by atoms with Crippen molar-refractivity contribution >= 4 is 40.6 Å². The Morgan fingerprint density at radius 1 is 0.933 bits per heavy atom. The summed E-state index contributed by atoms with van der Waals surface area (Å²) in [6, 6.07) is 17.7. The van der Waals surface area contributed by atoms with Crippen LogP contribution in [0.1, 0.15) is 10.4 Å². The number of benzene rings is 2. The molecule has 0 saturated carbocycles. The number of carbonyl (C=O) groups excluding carboxylic acids is 2. The maximum absolute atomic E-state index is 12.7. The fourth-order valence-corrected chi connectivity index (χ4v) is 3.08. The number of pyridine rings is 1. The van der Waals surface area contributed by atoms with E-state index in [1.165, 1.54) is 7.11 Å². The first kappa shape index (κ1) is 19.5. The smallest absolute Gasteiger partial charge is 0.411 e. The van der Waals surface area contributed by atoms with Crippen LogP contribution in [-0.4, -0.2) is 28.5 Å². The normalized spacial score (nSPS) is 10.6. The van der Waals surface area contributed by atoms with Gasteiger partial charge in [-0.1, -0.05) is 23.7 Å². The van der Waals surface area contributed by atoms with Crippen molar-refractivity contribution in [2.75, 3.05) is 17.7 Å². The molecule has 0 spiro atoms. The minimum Gasteiger partial charge on any atom is -0.453 e. The number of imidazole rings is 1. The zero-order valence-electron chi connectivity index (χ0n) is 15.9. The van der Waals surface area contributed by atoms with Crippen LogP contribution in [0.25, 0.3) is 16.9 Å². The fourth-order valence-electron chi connectivity index (χ4n) is 2.96. The van der Waals surface area contributed by atoms with Crippen molar-refractivity contribution in [3.05, 3.63) is 83.6 Å². The molecule has 0 atom stereocenters. The van der Waals surface area contributed by atoms with Crippen LogP contribution in [0.3, 0.4) is 0 Å². The van der Waals surface area contributed by atoms with Crippen molar-refractivity contribution in [1.29, 1.82) is 0 Å². The van der Waals surface area contributed by atoms with Gasteiger partial charge < -0.3 is 10.1 Å². The van der Waals surface area contributed by atoms with Gasteiger partial charge in [0.1, 0.15) is 5.65 Å². The number of ether oxygens (including phenoxy) is 1. The van der Waals surface area contributed by atoms with Crippen LogP contribution in [0.15, 0.2) is 73.1 Å². The Kier molecular flexibility index (Phi) is 5.36. The predicted molar refractivity (Wildman–Crippen MR) is 116 cm³/mol. The molecule has 2 aromatic carbocycles. The molecule has 4 rings (SSSR count). The van der Waals surface area contributed by atoms with E-state index in [1.807, 2.05) is 16.5 Å². The molecule has 7 nitrogen and oxygen atoms in total. The lowest BCUT2D eigenvalue weighted by Crippen LogP contribution is -2.12. The minimum absolute atomic E-state index is 0.239. The highest BCUT2D eigenvalue weighted by Crippen LogP contribution is 2.24. The van der Waals surface area contributed by atoms with E-state index in [0.717, 1.165) is 11.3 Å². The van der Waals surface area contributed by atoms with Gasteiger partial charge in [0.2, 0.25) is 0 Å². The summed E-state index contributed by atoms with van der Waals surface area (Å²) in [5.74, 6) is -0.239. The van der Waals surface area contributed by atoms with E-state index in [9.17, 15) is 9.59 Å². The van der Waals surface area contributed by atoms with Gasteiger partial charge in [-0.2, -0.15) is 0 Å². The zero-order chi connectivity index (χ0) is 21.1. The van der Waals surface area contributed by atoms with Crippen LogP contribution < -0.4 is 10.6 Å². The van der Waals surface area contributed by atoms with E-state index >= 15 is 0 Å². The average molecular weight is 421 g/mol. The van der Waals surface area contributed by atoms with Crippen LogP contribution in [0, 0.1) is 0 Å². The molecule has 0 saturated heterocycles. The third-order valence-corrected chi connectivity index (χ3v) is 4.73. The van der Waals surface area contributed by atoms with Crippen molar-refractivity contribution in [3.8, 4) is 11.3 Å². The first-order valence-corrected chi connectivity index (χ1v) is 9.41. The first-order valence-electron chi connectivity index (χ1n) is 9.03. The highest BCUT2D eigenvalue weighted by Gasteiger charge is 2.11. The third kappa shape index (κ3) is 4.11. The molecule has 0 unspecified atom stereocenters. The Bertz CT molecular complexity index is 1220. The van der Waals surface area contributed by atoms with Crippen LogP contribution in [0.4, 0.5) is 16.2 Å². The average Bonchev–Trinajstić information content (AvgIpc) is 3.19. The molecular weight excluding hydrogens is 404 g/mol. The van der Waals surface area contributed by atoms with E-state index in [-0.39, 0.29) is 5.91 Å². The van der Waals surface area contributed by atoms with Gasteiger partial charge in [0.25, 0.3) is 5.91 Å². The Labute approximate surface area is 177 Å². The molecule has 0 aliphatic heterocycles. The van der Waals surface area contributed by atoms with Crippen molar-refractivity contribution in [1.82, 2.24) is 9.38 Å². The standard InChI is InChI=1S/C22H17ClN4O3/c1-30-22(29)26-18-7-2-14(3-8-18)19-12-24-20-11-4-15(13-27(19)20)21(28)25-17-9-5-16(23)6-10-17/h2-13H,1H3,(H,25,28)(H,26,29). The Hall–Kier alpha value is -3.84. The summed E-state index contributed by atoms with van der Waals surface area (Å²) in [6.45, 7) is 0. The summed E-state index contributed by atoms with van der Waals surface area (Å²) < 4.78 is 6.44. The number of nitrogens with one attached hydrogen (secondary N) is 2. The number of rotatable bonds is 4. The largest absolute Gasteiger partial charge is 0.453 e. The molecule has 2 N–H and O–H groups in total. The van der Waals surface area contributed by atoms with E-state index in [2.05, 4.69) is 20.4 Å². The maximum atomic E-state index is 12.7. The summed E-state index contributed by atoms with van der Waals surface area (Å²) in [6.07, 6.45) is 2.94. The fraction of sp³-hybridized carbons (Fsp3) is 0.0455. The second-order valence-electron chi connectivity index (χ2n) is 6.44. The van der Waals surface area contributed by atoms with E-state index in [0.29, 0.717) is 27.6 Å². The van der Waals surface area contributed by atoms with Crippen LogP contribution >= 0.6 is 11.6 Å².